The molecular formula is C12H9F3N2O2S. The Bertz CT molecular complexity index is 723. The maximum absolute atomic E-state index is 13.0. The van der Waals surface area contributed by atoms with Gasteiger partial charge >= 0.3 is 0 Å². The van der Waals surface area contributed by atoms with Gasteiger partial charge in [-0.2, -0.15) is 0 Å². The van der Waals surface area contributed by atoms with Gasteiger partial charge in [-0.25, -0.2) is 21.6 Å². The summed E-state index contributed by atoms with van der Waals surface area (Å²) in [6, 6.07) is 6.28. The van der Waals surface area contributed by atoms with Crippen LogP contribution in [-0.2, 0) is 10.0 Å². The summed E-state index contributed by atoms with van der Waals surface area (Å²) in [5, 5.41) is 0. The van der Waals surface area contributed by atoms with E-state index >= 15 is 0 Å². The minimum absolute atomic E-state index is 0.142. The first-order valence-corrected chi connectivity index (χ1v) is 6.81. The van der Waals surface area contributed by atoms with E-state index in [9.17, 15) is 21.6 Å². The Morgan fingerprint density at radius 2 is 1.45 bits per heavy atom. The predicted molar refractivity (Wildman–Crippen MR) is 68.0 cm³/mol. The van der Waals surface area contributed by atoms with E-state index in [1.165, 1.54) is 24.3 Å². The fourth-order valence-corrected chi connectivity index (χ4v) is 2.52. The highest BCUT2D eigenvalue weighted by atomic mass is 32.2. The number of hydrogen-bond donors (Lipinski definition) is 2. The zero-order valence-corrected chi connectivity index (χ0v) is 10.7. The number of anilines is 2. The molecule has 106 valence electrons. The highest BCUT2D eigenvalue weighted by Crippen LogP contribution is 2.21. The molecule has 0 bridgehead atoms. The smallest absolute Gasteiger partial charge is 0.261 e. The second-order valence-electron chi connectivity index (χ2n) is 3.93. The molecule has 0 saturated heterocycles. The van der Waals surface area contributed by atoms with E-state index in [-0.39, 0.29) is 4.90 Å². The van der Waals surface area contributed by atoms with Gasteiger partial charge in [-0.15, -0.1) is 0 Å². The third-order valence-corrected chi connectivity index (χ3v) is 3.82. The minimum atomic E-state index is -4.04. The number of benzene rings is 2. The van der Waals surface area contributed by atoms with Crippen LogP contribution in [-0.4, -0.2) is 8.42 Å². The van der Waals surface area contributed by atoms with E-state index < -0.39 is 33.2 Å². The molecule has 3 N–H and O–H groups in total. The summed E-state index contributed by atoms with van der Waals surface area (Å²) in [5.41, 5.74) is 5.37. The third kappa shape index (κ3) is 2.85. The standard InChI is InChI=1S/C12H9F3N2O2S/c13-10-5-8(6-11(14)12(10)15)17-20(18,19)9-3-1-7(16)2-4-9/h1-6,17H,16H2. The van der Waals surface area contributed by atoms with Crippen molar-refractivity contribution in [1.29, 1.82) is 0 Å². The van der Waals surface area contributed by atoms with Gasteiger partial charge in [-0.05, 0) is 24.3 Å². The summed E-state index contributed by atoms with van der Waals surface area (Å²) in [5.74, 6) is -4.64. The van der Waals surface area contributed by atoms with Crippen molar-refractivity contribution in [2.24, 2.45) is 0 Å². The summed E-state index contributed by atoms with van der Waals surface area (Å²) in [7, 11) is -4.04. The molecule has 0 aliphatic carbocycles. The lowest BCUT2D eigenvalue weighted by Gasteiger charge is -2.09. The van der Waals surface area contributed by atoms with Gasteiger partial charge in [0.25, 0.3) is 10.0 Å². The molecule has 8 heteroatoms. The molecule has 4 nitrogen and oxygen atoms in total. The van der Waals surface area contributed by atoms with Crippen LogP contribution in [0.25, 0.3) is 0 Å². The van der Waals surface area contributed by atoms with Crippen LogP contribution in [0, 0.1) is 17.5 Å². The highest BCUT2D eigenvalue weighted by molar-refractivity contribution is 7.92. The maximum Gasteiger partial charge on any atom is 0.261 e. The van der Waals surface area contributed by atoms with Crippen molar-refractivity contribution in [2.75, 3.05) is 10.5 Å². The van der Waals surface area contributed by atoms with Crippen molar-refractivity contribution < 1.29 is 21.6 Å². The van der Waals surface area contributed by atoms with E-state index in [0.717, 1.165) is 0 Å². The van der Waals surface area contributed by atoms with Crippen molar-refractivity contribution >= 4 is 21.4 Å². The number of hydrogen-bond acceptors (Lipinski definition) is 3. The lowest BCUT2D eigenvalue weighted by molar-refractivity contribution is 0.448. The zero-order valence-electron chi connectivity index (χ0n) is 9.90. The number of sulfonamides is 1. The number of halogens is 3. The van der Waals surface area contributed by atoms with Crippen molar-refractivity contribution in [3.63, 3.8) is 0 Å². The molecule has 0 aliphatic rings. The largest absolute Gasteiger partial charge is 0.399 e. The molecule has 0 spiro atoms. The van der Waals surface area contributed by atoms with E-state index in [4.69, 9.17) is 5.73 Å². The molecule has 20 heavy (non-hydrogen) atoms. The van der Waals surface area contributed by atoms with Gasteiger partial charge in [0.2, 0.25) is 0 Å². The predicted octanol–water partition coefficient (Wildman–Crippen LogP) is 2.49. The molecule has 0 atom stereocenters. The molecule has 0 heterocycles. The average molecular weight is 302 g/mol. The van der Waals surface area contributed by atoms with Crippen molar-refractivity contribution in [2.45, 2.75) is 4.90 Å². The van der Waals surface area contributed by atoms with Crippen molar-refractivity contribution in [3.8, 4) is 0 Å². The Morgan fingerprint density at radius 1 is 0.950 bits per heavy atom. The van der Waals surface area contributed by atoms with Crippen LogP contribution in [0.2, 0.25) is 0 Å². The quantitative estimate of drug-likeness (QED) is 0.676. The Kier molecular flexibility index (Phi) is 3.58. The molecule has 0 unspecified atom stereocenters. The molecule has 2 aromatic carbocycles. The third-order valence-electron chi connectivity index (χ3n) is 2.43. The molecular weight excluding hydrogens is 293 g/mol. The summed E-state index contributed by atoms with van der Waals surface area (Å²) >= 11 is 0. The average Bonchev–Trinajstić information content (AvgIpc) is 2.36. The lowest BCUT2D eigenvalue weighted by atomic mass is 10.3. The van der Waals surface area contributed by atoms with E-state index in [1.807, 2.05) is 4.72 Å². The molecule has 0 saturated carbocycles. The van der Waals surface area contributed by atoms with E-state index in [2.05, 4.69) is 0 Å². The first-order chi connectivity index (χ1) is 9.29. The molecule has 0 fully saturated rings. The van der Waals surface area contributed by atoms with Gasteiger partial charge < -0.3 is 5.73 Å². The van der Waals surface area contributed by atoms with Crippen molar-refractivity contribution in [3.05, 3.63) is 53.8 Å². The molecule has 2 rings (SSSR count). The summed E-state index contributed by atoms with van der Waals surface area (Å²) in [6.07, 6.45) is 0. The fraction of sp³-hybridized carbons (Fsp3) is 0. The van der Waals surface area contributed by atoms with Gasteiger partial charge in [0.1, 0.15) is 0 Å². The van der Waals surface area contributed by atoms with Crippen molar-refractivity contribution in [1.82, 2.24) is 0 Å². The zero-order chi connectivity index (χ0) is 14.9. The van der Waals surface area contributed by atoms with Crippen LogP contribution in [0.1, 0.15) is 0 Å². The van der Waals surface area contributed by atoms with E-state index in [0.29, 0.717) is 17.8 Å². The second kappa shape index (κ2) is 5.04. The number of rotatable bonds is 3. The number of nitrogens with one attached hydrogen (secondary N) is 1. The Balaban J connectivity index is 2.36. The van der Waals surface area contributed by atoms with E-state index in [1.54, 1.807) is 0 Å². The number of nitrogen functional groups attached to an aromatic ring is 1. The first-order valence-electron chi connectivity index (χ1n) is 5.32. The van der Waals surface area contributed by atoms with Crippen LogP contribution in [0.3, 0.4) is 0 Å². The number of nitrogens with two attached hydrogens (primary N) is 1. The van der Waals surface area contributed by atoms with Crippen LogP contribution in [0.15, 0.2) is 41.3 Å². The Morgan fingerprint density at radius 3 is 1.95 bits per heavy atom. The summed E-state index contributed by atoms with van der Waals surface area (Å²) < 4.78 is 64.6. The van der Waals surface area contributed by atoms with Crippen LogP contribution in [0.4, 0.5) is 24.5 Å². The van der Waals surface area contributed by atoms with Gasteiger partial charge in [-0.1, -0.05) is 0 Å². The Hall–Kier alpha value is -2.22. The molecule has 0 amide bonds. The second-order valence-corrected chi connectivity index (χ2v) is 5.61. The van der Waals surface area contributed by atoms with Gasteiger partial charge in [0.15, 0.2) is 17.5 Å². The SMILES string of the molecule is Nc1ccc(S(=O)(=O)Nc2cc(F)c(F)c(F)c2)cc1. The minimum Gasteiger partial charge on any atom is -0.399 e. The molecule has 0 aromatic heterocycles. The topological polar surface area (TPSA) is 72.2 Å². The maximum atomic E-state index is 13.0. The highest BCUT2D eigenvalue weighted by Gasteiger charge is 2.17. The summed E-state index contributed by atoms with van der Waals surface area (Å²) in [4.78, 5) is -0.142. The van der Waals surface area contributed by atoms with Crippen LogP contribution >= 0.6 is 0 Å². The van der Waals surface area contributed by atoms with Gasteiger partial charge in [0.05, 0.1) is 10.6 Å². The monoisotopic (exact) mass is 302 g/mol. The fourth-order valence-electron chi connectivity index (χ4n) is 1.48. The molecule has 0 aliphatic heterocycles. The molecule has 0 radical (unpaired) electrons. The van der Waals surface area contributed by atoms with Crippen LogP contribution in [0.5, 0.6) is 0 Å². The summed E-state index contributed by atoms with van der Waals surface area (Å²) in [6.45, 7) is 0. The normalized spacial score (nSPS) is 11.3. The Labute approximate surface area is 113 Å². The van der Waals surface area contributed by atoms with Gasteiger partial charge in [-0.3, -0.25) is 4.72 Å². The lowest BCUT2D eigenvalue weighted by Crippen LogP contribution is -2.13. The van der Waals surface area contributed by atoms with Gasteiger partial charge in [0, 0.05) is 17.8 Å². The molecule has 2 aromatic rings. The first kappa shape index (κ1) is 14.2. The van der Waals surface area contributed by atoms with Crippen LogP contribution < -0.4 is 10.5 Å².